The molecule has 0 rings (SSSR count). The fourth-order valence-electron chi connectivity index (χ4n) is 0.277. The van der Waals surface area contributed by atoms with Gasteiger partial charge in [0.05, 0.1) is 0 Å². The maximum absolute atomic E-state index is 10.5. The van der Waals surface area contributed by atoms with Gasteiger partial charge in [0.1, 0.15) is 6.61 Å². The fourth-order valence-corrected chi connectivity index (χ4v) is 0.403. The monoisotopic (exact) mass is 185 g/mol. The van der Waals surface area contributed by atoms with Crippen LogP contribution in [-0.2, 0) is 9.53 Å². The number of nitrogens with two attached hydrogens (primary N) is 1. The third kappa shape index (κ3) is 4.85. The van der Waals surface area contributed by atoms with Gasteiger partial charge in [-0.1, -0.05) is 23.2 Å². The lowest BCUT2D eigenvalue weighted by Crippen LogP contribution is -2.25. The number of hydrogen-bond acceptors (Lipinski definition) is 3. The van der Waals surface area contributed by atoms with Crippen molar-refractivity contribution in [1.82, 2.24) is 0 Å². The van der Waals surface area contributed by atoms with E-state index >= 15 is 0 Å². The largest absolute Gasteiger partial charge is 0.462 e. The van der Waals surface area contributed by atoms with Crippen LogP contribution in [0, 0.1) is 0 Å². The molecular formula is C5H9Cl2NO2. The third-order valence-corrected chi connectivity index (χ3v) is 1.02. The molecule has 0 fully saturated rings. The lowest BCUT2D eigenvalue weighted by Gasteiger charge is -2.06. The van der Waals surface area contributed by atoms with Gasteiger partial charge in [-0.2, -0.15) is 0 Å². The molecule has 2 N–H and O–H groups in total. The van der Waals surface area contributed by atoms with E-state index in [-0.39, 0.29) is 12.6 Å². The molecule has 1 unspecified atom stereocenters. The fraction of sp³-hybridized carbons (Fsp3) is 0.800. The van der Waals surface area contributed by atoms with Crippen molar-refractivity contribution in [3.8, 4) is 0 Å². The van der Waals surface area contributed by atoms with Crippen molar-refractivity contribution in [2.75, 3.05) is 6.61 Å². The lowest BCUT2D eigenvalue weighted by atomic mass is 10.4. The first kappa shape index (κ1) is 10.0. The molecule has 60 valence electrons. The van der Waals surface area contributed by atoms with Crippen LogP contribution in [-0.4, -0.2) is 23.5 Å². The highest BCUT2D eigenvalue weighted by atomic mass is 35.5. The van der Waals surface area contributed by atoms with E-state index in [1.54, 1.807) is 6.92 Å². The second kappa shape index (κ2) is 4.77. The van der Waals surface area contributed by atoms with E-state index in [1.807, 2.05) is 0 Å². The van der Waals surface area contributed by atoms with Crippen molar-refractivity contribution >= 4 is 29.2 Å². The molecule has 0 aliphatic rings. The first-order valence-corrected chi connectivity index (χ1v) is 3.61. The summed E-state index contributed by atoms with van der Waals surface area (Å²) >= 11 is 10.3. The van der Waals surface area contributed by atoms with Crippen LogP contribution in [0.2, 0.25) is 0 Å². The summed E-state index contributed by atoms with van der Waals surface area (Å²) in [4.78, 5) is 9.39. The molecule has 0 bridgehead atoms. The molecule has 1 atom stereocenters. The zero-order chi connectivity index (χ0) is 8.15. The Labute approximate surface area is 69.4 Å². The lowest BCUT2D eigenvalue weighted by molar-refractivity contribution is -0.141. The summed E-state index contributed by atoms with van der Waals surface area (Å²) in [6.45, 7) is 1.86. The van der Waals surface area contributed by atoms with Crippen molar-refractivity contribution in [2.45, 2.75) is 17.8 Å². The van der Waals surface area contributed by atoms with Crippen LogP contribution in [0.25, 0.3) is 0 Å². The number of alkyl halides is 2. The van der Waals surface area contributed by atoms with Gasteiger partial charge in [-0.15, -0.1) is 0 Å². The van der Waals surface area contributed by atoms with Crippen molar-refractivity contribution in [1.29, 1.82) is 0 Å². The van der Waals surface area contributed by atoms with Crippen LogP contribution in [0.3, 0.4) is 0 Å². The van der Waals surface area contributed by atoms with Gasteiger partial charge in [0.25, 0.3) is 0 Å². The van der Waals surface area contributed by atoms with Crippen LogP contribution >= 0.6 is 23.2 Å². The van der Waals surface area contributed by atoms with Gasteiger partial charge in [0.2, 0.25) is 4.84 Å². The van der Waals surface area contributed by atoms with Crippen molar-refractivity contribution in [3.05, 3.63) is 0 Å². The van der Waals surface area contributed by atoms with Crippen molar-refractivity contribution in [2.24, 2.45) is 5.73 Å². The first-order valence-electron chi connectivity index (χ1n) is 2.74. The van der Waals surface area contributed by atoms with E-state index in [4.69, 9.17) is 28.9 Å². The average molecular weight is 186 g/mol. The Bertz CT molecular complexity index is 116. The summed E-state index contributed by atoms with van der Waals surface area (Å²) < 4.78 is 4.54. The number of ether oxygens (including phenoxy) is 1. The highest BCUT2D eigenvalue weighted by Crippen LogP contribution is 2.03. The minimum absolute atomic E-state index is 0.148. The minimum Gasteiger partial charge on any atom is -0.462 e. The predicted molar refractivity (Wildman–Crippen MR) is 40.1 cm³/mol. The number of carbonyl (C=O) groups is 1. The van der Waals surface area contributed by atoms with Crippen LogP contribution in [0.4, 0.5) is 0 Å². The molecule has 0 aromatic heterocycles. The second-order valence-corrected chi connectivity index (χ2v) is 3.00. The SMILES string of the molecule is CC(N)COC(=O)C(Cl)Cl. The number of hydrogen-bond donors (Lipinski definition) is 1. The molecule has 0 saturated carbocycles. The molecule has 0 aromatic carbocycles. The summed E-state index contributed by atoms with van der Waals surface area (Å²) in [5.41, 5.74) is 5.28. The van der Waals surface area contributed by atoms with E-state index in [2.05, 4.69) is 4.74 Å². The molecule has 0 amide bonds. The molecule has 5 heteroatoms. The Balaban J connectivity index is 3.40. The Kier molecular flexibility index (Phi) is 4.77. The summed E-state index contributed by atoms with van der Waals surface area (Å²) in [6, 6.07) is -0.184. The maximum atomic E-state index is 10.5. The normalized spacial score (nSPS) is 13.3. The average Bonchev–Trinajstić information content (AvgIpc) is 1.82. The summed E-state index contributed by atoms with van der Waals surface area (Å²) in [7, 11) is 0. The Morgan fingerprint density at radius 3 is 2.50 bits per heavy atom. The van der Waals surface area contributed by atoms with Crippen molar-refractivity contribution in [3.63, 3.8) is 0 Å². The summed E-state index contributed by atoms with van der Waals surface area (Å²) in [5, 5.41) is 0. The molecule has 0 radical (unpaired) electrons. The van der Waals surface area contributed by atoms with Gasteiger partial charge in [0.15, 0.2) is 0 Å². The van der Waals surface area contributed by atoms with Crippen LogP contribution in [0.15, 0.2) is 0 Å². The highest BCUT2D eigenvalue weighted by Gasteiger charge is 2.12. The van der Waals surface area contributed by atoms with Gasteiger partial charge in [0, 0.05) is 6.04 Å². The highest BCUT2D eigenvalue weighted by molar-refractivity contribution is 6.52. The van der Waals surface area contributed by atoms with Gasteiger partial charge >= 0.3 is 5.97 Å². The smallest absolute Gasteiger partial charge is 0.339 e. The Hall–Kier alpha value is 0.01000. The van der Waals surface area contributed by atoms with E-state index < -0.39 is 10.8 Å². The quantitative estimate of drug-likeness (QED) is 0.520. The van der Waals surface area contributed by atoms with Gasteiger partial charge in [-0.25, -0.2) is 4.79 Å². The van der Waals surface area contributed by atoms with Crippen molar-refractivity contribution < 1.29 is 9.53 Å². The number of halogens is 2. The number of esters is 1. The van der Waals surface area contributed by atoms with E-state index in [9.17, 15) is 4.79 Å². The first-order chi connectivity index (χ1) is 4.54. The van der Waals surface area contributed by atoms with Gasteiger partial charge in [-0.3, -0.25) is 0 Å². The molecule has 0 heterocycles. The van der Waals surface area contributed by atoms with Crippen LogP contribution in [0.5, 0.6) is 0 Å². The molecule has 10 heavy (non-hydrogen) atoms. The molecule has 0 aromatic rings. The number of rotatable bonds is 3. The van der Waals surface area contributed by atoms with E-state index in [1.165, 1.54) is 0 Å². The Morgan fingerprint density at radius 2 is 2.20 bits per heavy atom. The van der Waals surface area contributed by atoms with E-state index in [0.717, 1.165) is 0 Å². The van der Waals surface area contributed by atoms with Crippen LogP contribution < -0.4 is 5.73 Å². The summed E-state index contributed by atoms with van der Waals surface area (Å²) in [6.07, 6.45) is 0. The molecule has 0 aliphatic carbocycles. The molecule has 3 nitrogen and oxygen atoms in total. The molecule has 0 saturated heterocycles. The van der Waals surface area contributed by atoms with Gasteiger partial charge in [-0.05, 0) is 6.92 Å². The van der Waals surface area contributed by atoms with Crippen LogP contribution in [0.1, 0.15) is 6.92 Å². The topological polar surface area (TPSA) is 52.3 Å². The van der Waals surface area contributed by atoms with E-state index in [0.29, 0.717) is 0 Å². The minimum atomic E-state index is -1.11. The number of carbonyl (C=O) groups excluding carboxylic acids is 1. The third-order valence-electron chi connectivity index (χ3n) is 0.667. The maximum Gasteiger partial charge on any atom is 0.339 e. The standard InChI is InChI=1S/C5H9Cl2NO2/c1-3(8)2-10-5(9)4(6)7/h3-4H,2,8H2,1H3. The Morgan fingerprint density at radius 1 is 1.70 bits per heavy atom. The molecule has 0 aliphatic heterocycles. The summed E-state index contributed by atoms with van der Waals surface area (Å²) in [5.74, 6) is -0.652. The zero-order valence-electron chi connectivity index (χ0n) is 5.51. The second-order valence-electron chi connectivity index (χ2n) is 1.91. The molecular weight excluding hydrogens is 177 g/mol. The van der Waals surface area contributed by atoms with Gasteiger partial charge < -0.3 is 10.5 Å². The zero-order valence-corrected chi connectivity index (χ0v) is 7.02. The molecule has 0 spiro atoms. The predicted octanol–water partition coefficient (Wildman–Crippen LogP) is 0.680.